The monoisotopic (exact) mass is 194 g/mol. The molecule has 1 aromatic rings. The van der Waals surface area contributed by atoms with E-state index in [1.54, 1.807) is 6.07 Å². The third-order valence-electron chi connectivity index (χ3n) is 2.10. The van der Waals surface area contributed by atoms with Crippen molar-refractivity contribution < 1.29 is 5.11 Å². The Morgan fingerprint density at radius 3 is 2.86 bits per heavy atom. The maximum absolute atomic E-state index is 9.50. The summed E-state index contributed by atoms with van der Waals surface area (Å²) in [5, 5.41) is 12.7. The van der Waals surface area contributed by atoms with Crippen molar-refractivity contribution in [2.75, 3.05) is 18.4 Å². The van der Waals surface area contributed by atoms with E-state index in [1.165, 1.54) is 0 Å². The Morgan fingerprint density at radius 1 is 1.36 bits per heavy atom. The zero-order valence-electron chi connectivity index (χ0n) is 8.59. The second-order valence-corrected chi connectivity index (χ2v) is 3.44. The van der Waals surface area contributed by atoms with E-state index in [9.17, 15) is 5.11 Å². The van der Waals surface area contributed by atoms with Crippen molar-refractivity contribution in [3.8, 4) is 5.75 Å². The molecule has 0 aliphatic carbocycles. The first kappa shape index (κ1) is 10.9. The highest BCUT2D eigenvalue weighted by Gasteiger charge is 1.99. The molecule has 14 heavy (non-hydrogen) atoms. The molecule has 3 heteroatoms. The van der Waals surface area contributed by atoms with Gasteiger partial charge in [-0.2, -0.15) is 0 Å². The average Bonchev–Trinajstić information content (AvgIpc) is 2.18. The molecule has 0 aliphatic rings. The number of aryl methyl sites for hydroxylation is 1. The van der Waals surface area contributed by atoms with E-state index in [1.807, 2.05) is 19.1 Å². The average molecular weight is 194 g/mol. The summed E-state index contributed by atoms with van der Waals surface area (Å²) in [7, 11) is 0. The standard InChI is InChI=1S/C11H18N2O/c1-9-4-5-11(14)10(8-9)13-7-3-2-6-12/h4-5,8,13-14H,2-3,6-7,12H2,1H3. The fourth-order valence-corrected chi connectivity index (χ4v) is 1.28. The Bertz CT molecular complexity index is 287. The van der Waals surface area contributed by atoms with E-state index in [2.05, 4.69) is 5.32 Å². The molecule has 0 radical (unpaired) electrons. The number of nitrogens with one attached hydrogen (secondary N) is 1. The quantitative estimate of drug-likeness (QED) is 0.495. The van der Waals surface area contributed by atoms with Crippen LogP contribution in [0.4, 0.5) is 5.69 Å². The summed E-state index contributed by atoms with van der Waals surface area (Å²) in [4.78, 5) is 0. The summed E-state index contributed by atoms with van der Waals surface area (Å²) in [6, 6.07) is 5.54. The van der Waals surface area contributed by atoms with E-state index in [4.69, 9.17) is 5.73 Å². The molecule has 0 fully saturated rings. The lowest BCUT2D eigenvalue weighted by molar-refractivity contribution is 0.477. The van der Waals surface area contributed by atoms with Gasteiger partial charge in [-0.05, 0) is 44.0 Å². The van der Waals surface area contributed by atoms with Gasteiger partial charge in [-0.3, -0.25) is 0 Å². The molecule has 0 aromatic heterocycles. The maximum atomic E-state index is 9.50. The van der Waals surface area contributed by atoms with Gasteiger partial charge in [-0.15, -0.1) is 0 Å². The topological polar surface area (TPSA) is 58.3 Å². The fraction of sp³-hybridized carbons (Fsp3) is 0.455. The molecule has 0 unspecified atom stereocenters. The number of unbranched alkanes of at least 4 members (excludes halogenated alkanes) is 1. The minimum absolute atomic E-state index is 0.309. The number of rotatable bonds is 5. The van der Waals surface area contributed by atoms with E-state index >= 15 is 0 Å². The number of phenols is 1. The molecular formula is C11H18N2O. The molecule has 0 saturated carbocycles. The van der Waals surface area contributed by atoms with Crippen LogP contribution in [0.2, 0.25) is 0 Å². The van der Waals surface area contributed by atoms with Gasteiger partial charge in [-0.25, -0.2) is 0 Å². The number of aromatic hydroxyl groups is 1. The van der Waals surface area contributed by atoms with E-state index < -0.39 is 0 Å². The smallest absolute Gasteiger partial charge is 0.138 e. The summed E-state index contributed by atoms with van der Waals surface area (Å²) in [5.74, 6) is 0.309. The molecule has 1 aromatic carbocycles. The van der Waals surface area contributed by atoms with Crippen LogP contribution in [0.3, 0.4) is 0 Å². The van der Waals surface area contributed by atoms with Gasteiger partial charge in [0.15, 0.2) is 0 Å². The van der Waals surface area contributed by atoms with Crippen LogP contribution in [0.1, 0.15) is 18.4 Å². The van der Waals surface area contributed by atoms with Crippen LogP contribution in [0, 0.1) is 6.92 Å². The molecule has 4 N–H and O–H groups in total. The molecule has 3 nitrogen and oxygen atoms in total. The van der Waals surface area contributed by atoms with Gasteiger partial charge in [0.2, 0.25) is 0 Å². The number of nitrogens with two attached hydrogens (primary N) is 1. The minimum atomic E-state index is 0.309. The Hall–Kier alpha value is -1.22. The molecular weight excluding hydrogens is 176 g/mol. The third-order valence-corrected chi connectivity index (χ3v) is 2.10. The first-order chi connectivity index (χ1) is 6.74. The highest BCUT2D eigenvalue weighted by atomic mass is 16.3. The van der Waals surface area contributed by atoms with Crippen LogP contribution in [0.5, 0.6) is 5.75 Å². The predicted molar refractivity (Wildman–Crippen MR) is 59.6 cm³/mol. The molecule has 0 atom stereocenters. The van der Waals surface area contributed by atoms with Crippen LogP contribution in [0.25, 0.3) is 0 Å². The number of phenolic OH excluding ortho intramolecular Hbond substituents is 1. The lowest BCUT2D eigenvalue weighted by Crippen LogP contribution is -2.05. The van der Waals surface area contributed by atoms with E-state index in [0.717, 1.165) is 37.2 Å². The highest BCUT2D eigenvalue weighted by molar-refractivity contribution is 5.56. The van der Waals surface area contributed by atoms with Crippen LogP contribution in [0.15, 0.2) is 18.2 Å². The summed E-state index contributed by atoms with van der Waals surface area (Å²) in [5.41, 5.74) is 7.33. The van der Waals surface area contributed by atoms with Crippen molar-refractivity contribution in [3.05, 3.63) is 23.8 Å². The van der Waals surface area contributed by atoms with Gasteiger partial charge in [-0.1, -0.05) is 6.07 Å². The SMILES string of the molecule is Cc1ccc(O)c(NCCCCN)c1. The zero-order chi connectivity index (χ0) is 10.4. The van der Waals surface area contributed by atoms with Crippen molar-refractivity contribution in [3.63, 3.8) is 0 Å². The third kappa shape index (κ3) is 3.26. The Kier molecular flexibility index (Phi) is 4.26. The number of benzene rings is 1. The van der Waals surface area contributed by atoms with Crippen molar-refractivity contribution in [2.45, 2.75) is 19.8 Å². The van der Waals surface area contributed by atoms with Crippen molar-refractivity contribution in [1.29, 1.82) is 0 Å². The first-order valence-electron chi connectivity index (χ1n) is 4.97. The molecule has 0 amide bonds. The van der Waals surface area contributed by atoms with Gasteiger partial charge < -0.3 is 16.2 Å². The first-order valence-corrected chi connectivity index (χ1v) is 4.97. The molecule has 0 spiro atoms. The maximum Gasteiger partial charge on any atom is 0.138 e. The lowest BCUT2D eigenvalue weighted by atomic mass is 10.2. The second kappa shape index (κ2) is 5.50. The van der Waals surface area contributed by atoms with Crippen LogP contribution in [-0.2, 0) is 0 Å². The highest BCUT2D eigenvalue weighted by Crippen LogP contribution is 2.23. The van der Waals surface area contributed by atoms with E-state index in [-0.39, 0.29) is 0 Å². The molecule has 0 heterocycles. The van der Waals surface area contributed by atoms with Gasteiger partial charge in [0.1, 0.15) is 5.75 Å². The lowest BCUT2D eigenvalue weighted by Gasteiger charge is -2.08. The molecule has 0 saturated heterocycles. The Balaban J connectivity index is 2.45. The number of anilines is 1. The molecule has 1 rings (SSSR count). The number of hydrogen-bond acceptors (Lipinski definition) is 3. The zero-order valence-corrected chi connectivity index (χ0v) is 8.59. The van der Waals surface area contributed by atoms with Gasteiger partial charge in [0.25, 0.3) is 0 Å². The molecule has 0 bridgehead atoms. The number of hydrogen-bond donors (Lipinski definition) is 3. The minimum Gasteiger partial charge on any atom is -0.506 e. The Morgan fingerprint density at radius 2 is 2.14 bits per heavy atom. The normalized spacial score (nSPS) is 10.1. The van der Waals surface area contributed by atoms with Crippen molar-refractivity contribution >= 4 is 5.69 Å². The summed E-state index contributed by atoms with van der Waals surface area (Å²) in [6.07, 6.45) is 2.05. The predicted octanol–water partition coefficient (Wildman–Crippen LogP) is 1.85. The van der Waals surface area contributed by atoms with Crippen LogP contribution >= 0.6 is 0 Å². The van der Waals surface area contributed by atoms with Crippen LogP contribution < -0.4 is 11.1 Å². The Labute approximate surface area is 84.9 Å². The van der Waals surface area contributed by atoms with Crippen molar-refractivity contribution in [2.24, 2.45) is 5.73 Å². The van der Waals surface area contributed by atoms with Crippen LogP contribution in [-0.4, -0.2) is 18.2 Å². The van der Waals surface area contributed by atoms with E-state index in [0.29, 0.717) is 5.75 Å². The van der Waals surface area contributed by atoms with Gasteiger partial charge >= 0.3 is 0 Å². The van der Waals surface area contributed by atoms with Gasteiger partial charge in [0.05, 0.1) is 5.69 Å². The molecule has 0 aliphatic heterocycles. The summed E-state index contributed by atoms with van der Waals surface area (Å²) < 4.78 is 0. The molecule has 78 valence electrons. The van der Waals surface area contributed by atoms with Crippen molar-refractivity contribution in [1.82, 2.24) is 0 Å². The summed E-state index contributed by atoms with van der Waals surface area (Å²) in [6.45, 7) is 3.58. The second-order valence-electron chi connectivity index (χ2n) is 3.44. The summed E-state index contributed by atoms with van der Waals surface area (Å²) >= 11 is 0. The fourth-order valence-electron chi connectivity index (χ4n) is 1.28. The van der Waals surface area contributed by atoms with Gasteiger partial charge in [0, 0.05) is 6.54 Å². The largest absolute Gasteiger partial charge is 0.506 e.